The minimum absolute atomic E-state index is 0.151. The van der Waals surface area contributed by atoms with Gasteiger partial charge < -0.3 is 20.4 Å². The summed E-state index contributed by atoms with van der Waals surface area (Å²) in [7, 11) is 0. The van der Waals surface area contributed by atoms with Crippen molar-refractivity contribution in [2.45, 2.75) is 70.0 Å². The van der Waals surface area contributed by atoms with Gasteiger partial charge in [-0.05, 0) is 61.5 Å². The van der Waals surface area contributed by atoms with Crippen LogP contribution in [-0.4, -0.2) is 67.6 Å². The summed E-state index contributed by atoms with van der Waals surface area (Å²) in [6.45, 7) is 3.88. The fraction of sp³-hybridized carbons (Fsp3) is 0.652. The van der Waals surface area contributed by atoms with Gasteiger partial charge in [-0.25, -0.2) is 0 Å². The number of aliphatic hydroxyl groups is 4. The van der Waals surface area contributed by atoms with Crippen LogP contribution in [0.25, 0.3) is 0 Å². The highest BCUT2D eigenvalue weighted by atomic mass is 16.4. The van der Waals surface area contributed by atoms with E-state index < -0.39 is 30.5 Å². The van der Waals surface area contributed by atoms with Crippen molar-refractivity contribution in [2.75, 3.05) is 0 Å². The van der Waals surface area contributed by atoms with E-state index in [0.717, 1.165) is 6.42 Å². The molecule has 1 aliphatic heterocycles. The van der Waals surface area contributed by atoms with Crippen molar-refractivity contribution in [3.8, 4) is 0 Å². The quantitative estimate of drug-likeness (QED) is 0.549. The highest BCUT2D eigenvalue weighted by molar-refractivity contribution is 6.21. The molecule has 9 atom stereocenters. The van der Waals surface area contributed by atoms with Gasteiger partial charge in [-0.1, -0.05) is 26.0 Å². The summed E-state index contributed by atoms with van der Waals surface area (Å²) >= 11 is 0. The molecule has 3 aliphatic rings. The van der Waals surface area contributed by atoms with Crippen LogP contribution in [0.2, 0.25) is 0 Å². The van der Waals surface area contributed by atoms with E-state index in [-0.39, 0.29) is 35.5 Å². The van der Waals surface area contributed by atoms with Gasteiger partial charge in [0.1, 0.15) is 6.10 Å². The van der Waals surface area contributed by atoms with Crippen LogP contribution < -0.4 is 0 Å². The summed E-state index contributed by atoms with van der Waals surface area (Å²) in [5, 5.41) is 41.9. The summed E-state index contributed by atoms with van der Waals surface area (Å²) in [4.78, 5) is 27.0. The van der Waals surface area contributed by atoms with Crippen LogP contribution in [0.5, 0.6) is 0 Å². The van der Waals surface area contributed by atoms with Gasteiger partial charge in [-0.3, -0.25) is 14.5 Å². The maximum atomic E-state index is 12.9. The molecule has 1 aromatic carbocycles. The van der Waals surface area contributed by atoms with Crippen LogP contribution in [-0.2, 0) is 0 Å². The summed E-state index contributed by atoms with van der Waals surface area (Å²) < 4.78 is 0. The lowest BCUT2D eigenvalue weighted by Crippen LogP contribution is -2.55. The minimum Gasteiger partial charge on any atom is -0.391 e. The third kappa shape index (κ3) is 3.38. The molecule has 4 rings (SSSR count). The average Bonchev–Trinajstić information content (AvgIpc) is 2.98. The Kier molecular flexibility index (Phi) is 5.74. The second kappa shape index (κ2) is 8.04. The molecule has 0 aromatic heterocycles. The van der Waals surface area contributed by atoms with Crippen molar-refractivity contribution < 1.29 is 30.0 Å². The molecule has 1 heterocycles. The molecule has 7 nitrogen and oxygen atoms in total. The van der Waals surface area contributed by atoms with E-state index in [9.17, 15) is 30.0 Å². The van der Waals surface area contributed by atoms with Crippen molar-refractivity contribution >= 4 is 11.8 Å². The number of nitrogens with zero attached hydrogens (tertiary/aromatic N) is 1. The van der Waals surface area contributed by atoms with E-state index >= 15 is 0 Å². The smallest absolute Gasteiger partial charge is 0.261 e. The maximum Gasteiger partial charge on any atom is 0.261 e. The summed E-state index contributed by atoms with van der Waals surface area (Å²) in [5.74, 6) is -1.21. The molecule has 0 bridgehead atoms. The third-order valence-corrected chi connectivity index (χ3v) is 7.65. The normalized spacial score (nSPS) is 41.8. The molecule has 164 valence electrons. The second-order valence-electron chi connectivity index (χ2n) is 9.48. The number of aliphatic hydroxyl groups excluding tert-OH is 4. The molecule has 2 saturated carbocycles. The lowest BCUT2D eigenvalue weighted by molar-refractivity contribution is -0.141. The monoisotopic (exact) mass is 417 g/mol. The number of rotatable bonds is 3. The Morgan fingerprint density at radius 1 is 0.833 bits per heavy atom. The average molecular weight is 418 g/mol. The van der Waals surface area contributed by atoms with E-state index in [0.29, 0.717) is 30.4 Å². The first-order valence-corrected chi connectivity index (χ1v) is 10.9. The van der Waals surface area contributed by atoms with Crippen LogP contribution in [0.4, 0.5) is 0 Å². The standard InChI is InChI=1S/C23H31NO6/c1-11-7-8-17(24-22(29)14-5-3-4-6-15(14)23(24)30)20(27)16(11)10-13-9-12(2)18(25)21(28)19(13)26/h3-6,11-13,16-21,25-28H,7-10H2,1-2H3. The Labute approximate surface area is 176 Å². The molecule has 9 unspecified atom stereocenters. The number of hydrogen-bond donors (Lipinski definition) is 4. The van der Waals surface area contributed by atoms with Crippen molar-refractivity contribution in [3.05, 3.63) is 35.4 Å². The van der Waals surface area contributed by atoms with E-state index in [4.69, 9.17) is 0 Å². The number of fused-ring (bicyclic) bond motifs is 1. The summed E-state index contributed by atoms with van der Waals surface area (Å²) in [5.41, 5.74) is 0.747. The van der Waals surface area contributed by atoms with Crippen molar-refractivity contribution in [1.82, 2.24) is 4.90 Å². The molecular formula is C23H31NO6. The Hall–Kier alpha value is -1.80. The van der Waals surface area contributed by atoms with Gasteiger partial charge in [0.05, 0.1) is 35.5 Å². The molecule has 2 amide bonds. The zero-order valence-corrected chi connectivity index (χ0v) is 17.4. The maximum absolute atomic E-state index is 12.9. The Morgan fingerprint density at radius 3 is 2.03 bits per heavy atom. The van der Waals surface area contributed by atoms with Crippen LogP contribution >= 0.6 is 0 Å². The molecule has 4 N–H and O–H groups in total. The molecule has 30 heavy (non-hydrogen) atoms. The number of carbonyl (C=O) groups is 2. The van der Waals surface area contributed by atoms with E-state index in [1.54, 1.807) is 24.3 Å². The fourth-order valence-corrected chi connectivity index (χ4v) is 5.76. The topological polar surface area (TPSA) is 118 Å². The highest BCUT2D eigenvalue weighted by Crippen LogP contribution is 2.42. The number of amides is 2. The third-order valence-electron chi connectivity index (χ3n) is 7.65. The SMILES string of the molecule is CC1CC(CC2C(C)CCC(N3C(=O)c4ccccc4C3=O)C2O)C(O)C(O)C1O. The first-order valence-electron chi connectivity index (χ1n) is 10.9. The van der Waals surface area contributed by atoms with Crippen LogP contribution in [0.3, 0.4) is 0 Å². The number of carbonyl (C=O) groups excluding carboxylic acids is 2. The zero-order valence-electron chi connectivity index (χ0n) is 17.4. The predicted molar refractivity (Wildman–Crippen MR) is 109 cm³/mol. The van der Waals surface area contributed by atoms with E-state index in [2.05, 4.69) is 0 Å². The van der Waals surface area contributed by atoms with Gasteiger partial charge in [-0.2, -0.15) is 0 Å². The predicted octanol–water partition coefficient (Wildman–Crippen LogP) is 1.19. The number of imide groups is 1. The highest BCUT2D eigenvalue weighted by Gasteiger charge is 2.49. The molecule has 0 radical (unpaired) electrons. The molecule has 7 heteroatoms. The molecule has 2 fully saturated rings. The lowest BCUT2D eigenvalue weighted by atomic mass is 9.67. The van der Waals surface area contributed by atoms with Gasteiger partial charge in [-0.15, -0.1) is 0 Å². The first kappa shape index (κ1) is 21.4. The molecule has 2 aliphatic carbocycles. The van der Waals surface area contributed by atoms with Crippen molar-refractivity contribution in [1.29, 1.82) is 0 Å². The van der Waals surface area contributed by atoms with Crippen LogP contribution in [0, 0.1) is 23.7 Å². The Morgan fingerprint density at radius 2 is 1.43 bits per heavy atom. The number of hydrogen-bond acceptors (Lipinski definition) is 6. The van der Waals surface area contributed by atoms with Gasteiger partial charge in [0, 0.05) is 0 Å². The van der Waals surface area contributed by atoms with Crippen molar-refractivity contribution in [3.63, 3.8) is 0 Å². The fourth-order valence-electron chi connectivity index (χ4n) is 5.76. The van der Waals surface area contributed by atoms with Crippen molar-refractivity contribution in [2.24, 2.45) is 23.7 Å². The Balaban J connectivity index is 1.54. The number of benzene rings is 1. The molecule has 0 spiro atoms. The van der Waals surface area contributed by atoms with Crippen LogP contribution in [0.15, 0.2) is 24.3 Å². The molecule has 0 saturated heterocycles. The van der Waals surface area contributed by atoms with E-state index in [1.807, 2.05) is 13.8 Å². The first-order chi connectivity index (χ1) is 14.2. The van der Waals surface area contributed by atoms with Gasteiger partial charge in [0.2, 0.25) is 0 Å². The van der Waals surface area contributed by atoms with Gasteiger partial charge in [0.15, 0.2) is 0 Å². The lowest BCUT2D eigenvalue weighted by Gasteiger charge is -2.46. The minimum atomic E-state index is -1.21. The Bertz CT molecular complexity index is 793. The summed E-state index contributed by atoms with van der Waals surface area (Å²) in [6, 6.07) is 6.11. The van der Waals surface area contributed by atoms with Gasteiger partial charge in [0.25, 0.3) is 11.8 Å². The van der Waals surface area contributed by atoms with E-state index in [1.165, 1.54) is 4.90 Å². The zero-order chi connectivity index (χ0) is 21.7. The van der Waals surface area contributed by atoms with Crippen LogP contribution in [0.1, 0.15) is 60.2 Å². The summed E-state index contributed by atoms with van der Waals surface area (Å²) in [6.07, 6.45) is -1.82. The molecular weight excluding hydrogens is 386 g/mol. The largest absolute Gasteiger partial charge is 0.391 e. The van der Waals surface area contributed by atoms with Gasteiger partial charge >= 0.3 is 0 Å². The second-order valence-corrected chi connectivity index (χ2v) is 9.48. The molecule has 1 aromatic rings.